The van der Waals surface area contributed by atoms with Gasteiger partial charge in [-0.05, 0) is 22.8 Å². The zero-order chi connectivity index (χ0) is 26.6. The van der Waals surface area contributed by atoms with Crippen LogP contribution in [0.1, 0.15) is 29.2 Å². The Labute approximate surface area is 219 Å². The van der Waals surface area contributed by atoms with E-state index in [1.54, 1.807) is 24.3 Å². The van der Waals surface area contributed by atoms with Gasteiger partial charge >= 0.3 is 18.2 Å². The van der Waals surface area contributed by atoms with Crippen LogP contribution in [0, 0.1) is 0 Å². The number of carbonyl (C=O) groups is 3. The van der Waals surface area contributed by atoms with Crippen molar-refractivity contribution in [2.75, 3.05) is 12.0 Å². The van der Waals surface area contributed by atoms with Gasteiger partial charge in [-0.25, -0.2) is 14.4 Å². The molecule has 9 nitrogen and oxygen atoms in total. The Kier molecular flexibility index (Phi) is 6.99. The van der Waals surface area contributed by atoms with Gasteiger partial charge in [0.15, 0.2) is 6.17 Å². The molecule has 2 amide bonds. The van der Waals surface area contributed by atoms with Gasteiger partial charge in [-0.15, -0.1) is 0 Å². The number of hydrogen-bond acceptors (Lipinski definition) is 7. The van der Waals surface area contributed by atoms with Gasteiger partial charge in [0.05, 0.1) is 18.8 Å². The molecular formula is C29H26N2O7. The molecule has 2 unspecified atom stereocenters. The van der Waals surface area contributed by atoms with Crippen LogP contribution in [0.15, 0.2) is 96.3 Å². The molecule has 0 spiro atoms. The summed E-state index contributed by atoms with van der Waals surface area (Å²) in [4.78, 5) is 42.6. The molecule has 38 heavy (non-hydrogen) atoms. The van der Waals surface area contributed by atoms with Crippen LogP contribution < -0.4 is 4.90 Å². The van der Waals surface area contributed by atoms with E-state index in [0.29, 0.717) is 11.3 Å². The van der Waals surface area contributed by atoms with Crippen LogP contribution in [-0.2, 0) is 32.2 Å². The van der Waals surface area contributed by atoms with E-state index in [0.717, 1.165) is 11.1 Å². The Balaban J connectivity index is 1.54. The van der Waals surface area contributed by atoms with Crippen LogP contribution in [0.25, 0.3) is 0 Å². The molecule has 3 aromatic carbocycles. The average Bonchev–Trinajstić information content (AvgIpc) is 2.95. The molecule has 2 heterocycles. The van der Waals surface area contributed by atoms with Crippen molar-refractivity contribution in [1.82, 2.24) is 4.90 Å². The number of amides is 2. The number of fused-ring (bicyclic) bond motifs is 4. The smallest absolute Gasteiger partial charge is 0.416 e. The number of methoxy groups -OCH3 is 1. The van der Waals surface area contributed by atoms with Crippen molar-refractivity contribution in [2.24, 2.45) is 0 Å². The molecule has 9 heteroatoms. The highest BCUT2D eigenvalue weighted by molar-refractivity contribution is 5.99. The van der Waals surface area contributed by atoms with E-state index >= 15 is 0 Å². The van der Waals surface area contributed by atoms with Gasteiger partial charge in [0.25, 0.3) is 0 Å². The number of benzene rings is 3. The standard InChI is InChI=1S/C29H26N2O7/c1-36-27(33)25-24(32)16-23-21-14-8-9-15-22(21)30(28(34)37-17-19-10-4-2-5-11-19)26(25)31(23)29(35)38-18-20-12-6-3-7-13-20/h2-15,23,26,32H,16-18H2,1H3. The fourth-order valence-electron chi connectivity index (χ4n) is 4.82. The molecule has 1 N–H and O–H groups in total. The monoisotopic (exact) mass is 514 g/mol. The van der Waals surface area contributed by atoms with Gasteiger partial charge < -0.3 is 19.3 Å². The molecule has 2 bridgehead atoms. The third-order valence-electron chi connectivity index (χ3n) is 6.58. The van der Waals surface area contributed by atoms with Crippen LogP contribution in [0.3, 0.4) is 0 Å². The van der Waals surface area contributed by atoms with Crippen LogP contribution >= 0.6 is 0 Å². The number of carbonyl (C=O) groups excluding carboxylic acids is 3. The lowest BCUT2D eigenvalue weighted by atomic mass is 9.87. The molecule has 2 aliphatic heterocycles. The number of nitrogens with zero attached hydrogens (tertiary/aromatic N) is 2. The lowest BCUT2D eigenvalue weighted by Gasteiger charge is -2.50. The van der Waals surface area contributed by atoms with E-state index in [2.05, 4.69) is 0 Å². The number of hydrogen-bond donors (Lipinski definition) is 1. The number of anilines is 1. The summed E-state index contributed by atoms with van der Waals surface area (Å²) in [5.41, 5.74) is 2.37. The number of ether oxygens (including phenoxy) is 3. The number of aliphatic hydroxyl groups excluding tert-OH is 1. The summed E-state index contributed by atoms with van der Waals surface area (Å²) in [6, 6.07) is 24.6. The van der Waals surface area contributed by atoms with Crippen molar-refractivity contribution in [3.63, 3.8) is 0 Å². The minimum atomic E-state index is -1.34. The van der Waals surface area contributed by atoms with Crippen molar-refractivity contribution < 1.29 is 33.7 Å². The van der Waals surface area contributed by atoms with Crippen molar-refractivity contribution in [3.8, 4) is 0 Å². The summed E-state index contributed by atoms with van der Waals surface area (Å²) in [6.45, 7) is -0.0465. The van der Waals surface area contributed by atoms with Crippen molar-refractivity contribution in [2.45, 2.75) is 31.8 Å². The number of rotatable bonds is 5. The highest BCUT2D eigenvalue weighted by Gasteiger charge is 2.53. The van der Waals surface area contributed by atoms with Crippen LogP contribution in [0.5, 0.6) is 0 Å². The van der Waals surface area contributed by atoms with Crippen LogP contribution in [0.4, 0.5) is 15.3 Å². The minimum Gasteiger partial charge on any atom is -0.512 e. The van der Waals surface area contributed by atoms with Gasteiger partial charge in [0.1, 0.15) is 24.5 Å². The maximum atomic E-state index is 13.6. The molecule has 0 fully saturated rings. The normalized spacial score (nSPS) is 17.9. The Morgan fingerprint density at radius 1 is 0.816 bits per heavy atom. The third kappa shape index (κ3) is 4.66. The first-order chi connectivity index (χ1) is 18.5. The quantitative estimate of drug-likeness (QED) is 0.367. The molecule has 0 aliphatic carbocycles. The Hall–Kier alpha value is -4.79. The molecule has 0 aromatic heterocycles. The fourth-order valence-corrected chi connectivity index (χ4v) is 4.82. The summed E-state index contributed by atoms with van der Waals surface area (Å²) in [7, 11) is 1.17. The van der Waals surface area contributed by atoms with E-state index in [1.165, 1.54) is 16.9 Å². The maximum absolute atomic E-state index is 13.6. The number of aliphatic hydroxyl groups is 1. The summed E-state index contributed by atoms with van der Waals surface area (Å²) in [6.07, 6.45) is -2.96. The summed E-state index contributed by atoms with van der Waals surface area (Å²) >= 11 is 0. The Morgan fingerprint density at radius 3 is 1.97 bits per heavy atom. The van der Waals surface area contributed by atoms with Gasteiger partial charge in [0.2, 0.25) is 0 Å². The lowest BCUT2D eigenvalue weighted by Crippen LogP contribution is -2.62. The second kappa shape index (κ2) is 10.7. The number of esters is 1. The molecule has 5 rings (SSSR count). The zero-order valence-electron chi connectivity index (χ0n) is 20.7. The topological polar surface area (TPSA) is 106 Å². The summed E-state index contributed by atoms with van der Waals surface area (Å²) in [5, 5.41) is 10.9. The van der Waals surface area contributed by atoms with Crippen molar-refractivity contribution in [1.29, 1.82) is 0 Å². The van der Waals surface area contributed by atoms with E-state index in [9.17, 15) is 19.5 Å². The van der Waals surface area contributed by atoms with Gasteiger partial charge in [-0.2, -0.15) is 0 Å². The van der Waals surface area contributed by atoms with Gasteiger partial charge in [-0.1, -0.05) is 78.9 Å². The molecule has 3 aromatic rings. The van der Waals surface area contributed by atoms with Gasteiger partial charge in [-0.3, -0.25) is 9.80 Å². The molecule has 0 saturated heterocycles. The van der Waals surface area contributed by atoms with E-state index in [-0.39, 0.29) is 31.0 Å². The molecule has 2 aliphatic rings. The highest BCUT2D eigenvalue weighted by Crippen LogP contribution is 2.48. The van der Waals surface area contributed by atoms with Crippen molar-refractivity contribution in [3.05, 3.63) is 113 Å². The SMILES string of the molecule is COC(=O)C1=C(O)CC2c3ccccc3N(C(=O)OCc3ccccc3)C1N2C(=O)OCc1ccccc1. The predicted octanol–water partition coefficient (Wildman–Crippen LogP) is 5.24. The molecule has 0 saturated carbocycles. The van der Waals surface area contributed by atoms with Crippen LogP contribution in [-0.4, -0.2) is 41.4 Å². The maximum Gasteiger partial charge on any atom is 0.416 e. The van der Waals surface area contributed by atoms with Crippen molar-refractivity contribution >= 4 is 23.8 Å². The predicted molar refractivity (Wildman–Crippen MR) is 137 cm³/mol. The van der Waals surface area contributed by atoms with E-state index in [1.807, 2.05) is 60.7 Å². The Morgan fingerprint density at radius 2 is 1.37 bits per heavy atom. The second-order valence-electron chi connectivity index (χ2n) is 8.86. The summed E-state index contributed by atoms with van der Waals surface area (Å²) in [5.74, 6) is -1.14. The van der Waals surface area contributed by atoms with E-state index < -0.39 is 30.4 Å². The Bertz CT molecular complexity index is 1370. The highest BCUT2D eigenvalue weighted by atomic mass is 16.6. The van der Waals surface area contributed by atoms with Crippen LogP contribution in [0.2, 0.25) is 0 Å². The average molecular weight is 515 g/mol. The van der Waals surface area contributed by atoms with Gasteiger partial charge in [0, 0.05) is 6.42 Å². The lowest BCUT2D eigenvalue weighted by molar-refractivity contribution is -0.137. The van der Waals surface area contributed by atoms with E-state index in [4.69, 9.17) is 14.2 Å². The second-order valence-corrected chi connectivity index (χ2v) is 8.86. The minimum absolute atomic E-state index is 0.0149. The molecular weight excluding hydrogens is 488 g/mol. The zero-order valence-corrected chi connectivity index (χ0v) is 20.7. The molecule has 2 atom stereocenters. The first-order valence-corrected chi connectivity index (χ1v) is 12.1. The molecule has 194 valence electrons. The number of para-hydroxylation sites is 1. The largest absolute Gasteiger partial charge is 0.512 e. The summed E-state index contributed by atoms with van der Waals surface area (Å²) < 4.78 is 16.2. The fraction of sp³-hybridized carbons (Fsp3) is 0.207. The first-order valence-electron chi connectivity index (χ1n) is 12.1. The first kappa shape index (κ1) is 24.9. The molecule has 0 radical (unpaired) electrons. The third-order valence-corrected chi connectivity index (χ3v) is 6.58.